The summed E-state index contributed by atoms with van der Waals surface area (Å²) in [4.78, 5) is 13.7. The Kier molecular flexibility index (Phi) is 2.66. The summed E-state index contributed by atoms with van der Waals surface area (Å²) in [7, 11) is 1.62. The first kappa shape index (κ1) is 10.4. The summed E-state index contributed by atoms with van der Waals surface area (Å²) in [6.07, 6.45) is 0. The van der Waals surface area contributed by atoms with Gasteiger partial charge < -0.3 is 0 Å². The molecule has 2 aromatic heterocycles. The molecule has 7 heteroatoms. The zero-order valence-electron chi connectivity index (χ0n) is 8.06. The third-order valence-electron chi connectivity index (χ3n) is 1.79. The first-order valence-corrected chi connectivity index (χ1v) is 5.73. The van der Waals surface area contributed by atoms with Crippen molar-refractivity contribution in [3.63, 3.8) is 0 Å². The van der Waals surface area contributed by atoms with Crippen molar-refractivity contribution in [2.75, 3.05) is 0 Å². The van der Waals surface area contributed by atoms with Crippen LogP contribution in [0.2, 0.25) is 0 Å². The molecule has 0 bridgehead atoms. The predicted molar refractivity (Wildman–Crippen MR) is 59.0 cm³/mol. The summed E-state index contributed by atoms with van der Waals surface area (Å²) in [6, 6.07) is 1.81. The number of aryl methyl sites for hydroxylation is 2. The number of ketones is 1. The minimum absolute atomic E-state index is 0.131. The highest BCUT2D eigenvalue weighted by atomic mass is 79.9. The molecule has 0 amide bonds. The topological polar surface area (TPSA) is 60.7 Å². The maximum Gasteiger partial charge on any atom is 0.246 e. The summed E-state index contributed by atoms with van der Waals surface area (Å²) in [5.41, 5.74) is 1.03. The van der Waals surface area contributed by atoms with Crippen LogP contribution in [0.25, 0.3) is 0 Å². The van der Waals surface area contributed by atoms with Gasteiger partial charge >= 0.3 is 0 Å². The number of hydrogen-bond donors (Lipinski definition) is 0. The van der Waals surface area contributed by atoms with Crippen LogP contribution in [0, 0.1) is 6.92 Å². The van der Waals surface area contributed by atoms with E-state index in [1.807, 2.05) is 13.0 Å². The maximum atomic E-state index is 11.8. The van der Waals surface area contributed by atoms with Crippen molar-refractivity contribution in [2.45, 2.75) is 6.92 Å². The van der Waals surface area contributed by atoms with Crippen LogP contribution < -0.4 is 0 Å². The maximum absolute atomic E-state index is 11.8. The SMILES string of the molecule is Cc1cc(C(=O)c2nnn(C)n2)sc1Br. The second kappa shape index (κ2) is 3.82. The molecule has 5 nitrogen and oxygen atoms in total. The molecule has 0 spiro atoms. The monoisotopic (exact) mass is 286 g/mol. The van der Waals surface area contributed by atoms with Gasteiger partial charge in [0.05, 0.1) is 15.7 Å². The standard InChI is InChI=1S/C8H7BrN4OS/c1-4-3-5(15-7(4)9)6(14)8-10-12-13(2)11-8/h3H,1-2H3. The molecule has 0 saturated heterocycles. The lowest BCUT2D eigenvalue weighted by atomic mass is 10.2. The minimum Gasteiger partial charge on any atom is -0.284 e. The van der Waals surface area contributed by atoms with Crippen LogP contribution in [0.15, 0.2) is 9.85 Å². The smallest absolute Gasteiger partial charge is 0.246 e. The number of halogens is 1. The zero-order valence-corrected chi connectivity index (χ0v) is 10.5. The Morgan fingerprint density at radius 3 is 2.80 bits per heavy atom. The van der Waals surface area contributed by atoms with E-state index >= 15 is 0 Å². The normalized spacial score (nSPS) is 10.6. The fourth-order valence-electron chi connectivity index (χ4n) is 1.06. The van der Waals surface area contributed by atoms with E-state index in [4.69, 9.17) is 0 Å². The molecule has 2 aromatic rings. The van der Waals surface area contributed by atoms with Gasteiger partial charge in [-0.25, -0.2) is 0 Å². The molecule has 78 valence electrons. The van der Waals surface area contributed by atoms with E-state index in [2.05, 4.69) is 31.3 Å². The molecule has 0 fully saturated rings. The second-order valence-corrected chi connectivity index (χ2v) is 5.37. The molecule has 0 unspecified atom stereocenters. The van der Waals surface area contributed by atoms with Gasteiger partial charge in [0.15, 0.2) is 0 Å². The van der Waals surface area contributed by atoms with Gasteiger partial charge in [0, 0.05) is 0 Å². The fraction of sp³-hybridized carbons (Fsp3) is 0.250. The van der Waals surface area contributed by atoms with Crippen molar-refractivity contribution < 1.29 is 4.79 Å². The average molecular weight is 287 g/mol. The Morgan fingerprint density at radius 1 is 1.60 bits per heavy atom. The van der Waals surface area contributed by atoms with E-state index in [0.29, 0.717) is 4.88 Å². The third kappa shape index (κ3) is 1.98. The second-order valence-electron chi connectivity index (χ2n) is 3.00. The third-order valence-corrected chi connectivity index (χ3v) is 3.93. The van der Waals surface area contributed by atoms with Crippen molar-refractivity contribution in [3.8, 4) is 0 Å². The molecular weight excluding hydrogens is 280 g/mol. The van der Waals surface area contributed by atoms with Gasteiger partial charge in [0.25, 0.3) is 0 Å². The summed E-state index contributed by atoms with van der Waals surface area (Å²) in [5.74, 6) is -0.0619. The van der Waals surface area contributed by atoms with Gasteiger partial charge in [-0.3, -0.25) is 4.79 Å². The molecule has 0 aliphatic heterocycles. The molecule has 0 aliphatic carbocycles. The lowest BCUT2D eigenvalue weighted by molar-refractivity contribution is 0.103. The van der Waals surface area contributed by atoms with E-state index in [1.54, 1.807) is 7.05 Å². The summed E-state index contributed by atoms with van der Waals surface area (Å²) in [5, 5.41) is 11.2. The number of aromatic nitrogens is 4. The van der Waals surface area contributed by atoms with Crippen LogP contribution in [-0.2, 0) is 7.05 Å². The molecular formula is C8H7BrN4OS. The Bertz CT molecular complexity index is 499. The molecule has 2 rings (SSSR count). The first-order valence-electron chi connectivity index (χ1n) is 4.12. The van der Waals surface area contributed by atoms with Gasteiger partial charge in [0.1, 0.15) is 0 Å². The number of tetrazole rings is 1. The molecule has 2 heterocycles. The van der Waals surface area contributed by atoms with Crippen molar-refractivity contribution in [1.82, 2.24) is 20.2 Å². The Morgan fingerprint density at radius 2 is 2.33 bits per heavy atom. The van der Waals surface area contributed by atoms with Crippen LogP contribution >= 0.6 is 27.3 Å². The van der Waals surface area contributed by atoms with Gasteiger partial charge in [-0.15, -0.1) is 21.5 Å². The highest BCUT2D eigenvalue weighted by Crippen LogP contribution is 2.28. The van der Waals surface area contributed by atoms with Crippen molar-refractivity contribution in [2.24, 2.45) is 7.05 Å². The minimum atomic E-state index is -0.193. The largest absolute Gasteiger partial charge is 0.284 e. The van der Waals surface area contributed by atoms with Crippen LogP contribution in [0.4, 0.5) is 0 Å². The summed E-state index contributed by atoms with van der Waals surface area (Å²) >= 11 is 4.74. The lowest BCUT2D eigenvalue weighted by Gasteiger charge is -1.87. The van der Waals surface area contributed by atoms with Gasteiger partial charge in [0.2, 0.25) is 11.6 Å². The number of carbonyl (C=O) groups excluding carboxylic acids is 1. The highest BCUT2D eigenvalue weighted by Gasteiger charge is 2.17. The van der Waals surface area contributed by atoms with Crippen LogP contribution in [-0.4, -0.2) is 26.0 Å². The quantitative estimate of drug-likeness (QED) is 0.787. The first-order chi connectivity index (χ1) is 7.08. The number of hydrogen-bond acceptors (Lipinski definition) is 5. The Balaban J connectivity index is 2.36. The average Bonchev–Trinajstić information content (AvgIpc) is 2.74. The number of carbonyl (C=O) groups is 1. The molecule has 0 aliphatic rings. The van der Waals surface area contributed by atoms with Crippen LogP contribution in [0.1, 0.15) is 21.1 Å². The predicted octanol–water partition coefficient (Wildman–Crippen LogP) is 1.57. The Labute approximate surface area is 98.2 Å². The number of rotatable bonds is 2. The van der Waals surface area contributed by atoms with Crippen molar-refractivity contribution >= 4 is 33.0 Å². The molecule has 15 heavy (non-hydrogen) atoms. The molecule has 0 N–H and O–H groups in total. The van der Waals surface area contributed by atoms with Crippen LogP contribution in [0.5, 0.6) is 0 Å². The van der Waals surface area contributed by atoms with E-state index in [-0.39, 0.29) is 11.6 Å². The zero-order chi connectivity index (χ0) is 11.0. The van der Waals surface area contributed by atoms with Gasteiger partial charge in [-0.1, -0.05) is 0 Å². The highest BCUT2D eigenvalue weighted by molar-refractivity contribution is 9.11. The van der Waals surface area contributed by atoms with E-state index in [0.717, 1.165) is 9.35 Å². The van der Waals surface area contributed by atoms with E-state index < -0.39 is 0 Å². The van der Waals surface area contributed by atoms with E-state index in [9.17, 15) is 4.79 Å². The number of nitrogens with zero attached hydrogens (tertiary/aromatic N) is 4. The van der Waals surface area contributed by atoms with Gasteiger partial charge in [-0.2, -0.15) is 4.80 Å². The molecule has 0 saturated carbocycles. The summed E-state index contributed by atoms with van der Waals surface area (Å²) < 4.78 is 0.953. The van der Waals surface area contributed by atoms with Crippen LogP contribution in [0.3, 0.4) is 0 Å². The molecule has 0 radical (unpaired) electrons. The van der Waals surface area contributed by atoms with Gasteiger partial charge in [-0.05, 0) is 39.7 Å². The van der Waals surface area contributed by atoms with Crippen molar-refractivity contribution in [3.05, 3.63) is 26.1 Å². The lowest BCUT2D eigenvalue weighted by Crippen LogP contribution is -2.02. The number of thiophene rings is 1. The fourth-order valence-corrected chi connectivity index (χ4v) is 2.53. The van der Waals surface area contributed by atoms with Crippen molar-refractivity contribution in [1.29, 1.82) is 0 Å². The molecule has 0 aromatic carbocycles. The summed E-state index contributed by atoms with van der Waals surface area (Å²) in [6.45, 7) is 1.93. The molecule has 0 atom stereocenters. The van der Waals surface area contributed by atoms with E-state index in [1.165, 1.54) is 16.1 Å². The Hall–Kier alpha value is -1.08.